The van der Waals surface area contributed by atoms with Gasteiger partial charge in [-0.1, -0.05) is 23.8 Å². The van der Waals surface area contributed by atoms with Crippen molar-refractivity contribution >= 4 is 34.5 Å². The fourth-order valence-corrected chi connectivity index (χ4v) is 2.15. The van der Waals surface area contributed by atoms with Crippen LogP contribution < -0.4 is 11.1 Å². The highest BCUT2D eigenvalue weighted by molar-refractivity contribution is 7.80. The van der Waals surface area contributed by atoms with Crippen LogP contribution >= 0.6 is 23.8 Å². The number of halogens is 1. The molecule has 1 aromatic rings. The average Bonchev–Trinajstić information content (AvgIpc) is 3.03. The number of anilines is 1. The van der Waals surface area contributed by atoms with Gasteiger partial charge in [-0.15, -0.1) is 0 Å². The zero-order valence-corrected chi connectivity index (χ0v) is 10.7. The molecule has 1 unspecified atom stereocenters. The van der Waals surface area contributed by atoms with Crippen LogP contribution in [0.5, 0.6) is 0 Å². The lowest BCUT2D eigenvalue weighted by atomic mass is 10.1. The molecule has 2 nitrogen and oxygen atoms in total. The summed E-state index contributed by atoms with van der Waals surface area (Å²) in [6, 6.07) is 6.07. The van der Waals surface area contributed by atoms with Crippen LogP contribution in [0.15, 0.2) is 18.2 Å². The van der Waals surface area contributed by atoms with Gasteiger partial charge in [-0.05, 0) is 43.9 Å². The molecule has 0 saturated heterocycles. The molecule has 0 amide bonds. The number of rotatable bonds is 4. The van der Waals surface area contributed by atoms with Crippen molar-refractivity contribution in [2.75, 3.05) is 5.32 Å². The van der Waals surface area contributed by atoms with Gasteiger partial charge in [0.2, 0.25) is 0 Å². The van der Waals surface area contributed by atoms with Gasteiger partial charge in [-0.2, -0.15) is 0 Å². The van der Waals surface area contributed by atoms with Crippen molar-refractivity contribution in [1.29, 1.82) is 0 Å². The van der Waals surface area contributed by atoms with Gasteiger partial charge in [0.05, 0.1) is 0 Å². The van der Waals surface area contributed by atoms with Crippen molar-refractivity contribution in [3.05, 3.63) is 28.8 Å². The second-order valence-electron chi connectivity index (χ2n) is 4.32. The first-order valence-electron chi connectivity index (χ1n) is 5.44. The highest BCUT2D eigenvalue weighted by Crippen LogP contribution is 2.34. The molecule has 1 aliphatic rings. The Kier molecular flexibility index (Phi) is 3.36. The molecule has 1 aromatic carbocycles. The highest BCUT2D eigenvalue weighted by atomic mass is 35.5. The van der Waals surface area contributed by atoms with E-state index in [9.17, 15) is 0 Å². The van der Waals surface area contributed by atoms with E-state index in [2.05, 4.69) is 12.2 Å². The lowest BCUT2D eigenvalue weighted by Crippen LogP contribution is -2.20. The predicted molar refractivity (Wildman–Crippen MR) is 73.1 cm³/mol. The molecule has 1 saturated carbocycles. The topological polar surface area (TPSA) is 38.0 Å². The van der Waals surface area contributed by atoms with Gasteiger partial charge in [-0.25, -0.2) is 0 Å². The number of nitrogens with two attached hydrogens (primary N) is 1. The Morgan fingerprint density at radius 2 is 2.25 bits per heavy atom. The predicted octanol–water partition coefficient (Wildman–Crippen LogP) is 3.18. The lowest BCUT2D eigenvalue weighted by Gasteiger charge is -2.17. The monoisotopic (exact) mass is 254 g/mol. The van der Waals surface area contributed by atoms with E-state index in [0.717, 1.165) is 17.2 Å². The van der Waals surface area contributed by atoms with Gasteiger partial charge in [0.15, 0.2) is 0 Å². The Morgan fingerprint density at radius 1 is 1.56 bits per heavy atom. The molecule has 0 spiro atoms. The van der Waals surface area contributed by atoms with Gasteiger partial charge < -0.3 is 11.1 Å². The number of thiocarbonyl (C=S) groups is 1. The summed E-state index contributed by atoms with van der Waals surface area (Å²) in [7, 11) is 0. The molecular weight excluding hydrogens is 240 g/mol. The van der Waals surface area contributed by atoms with Crippen LogP contribution in [-0.2, 0) is 0 Å². The molecule has 3 N–H and O–H groups in total. The molecule has 2 rings (SSSR count). The van der Waals surface area contributed by atoms with Crippen LogP contribution in [0.1, 0.15) is 25.3 Å². The summed E-state index contributed by atoms with van der Waals surface area (Å²) in [5.41, 5.74) is 7.50. The minimum Gasteiger partial charge on any atom is -0.389 e. The van der Waals surface area contributed by atoms with Gasteiger partial charge >= 0.3 is 0 Å². The van der Waals surface area contributed by atoms with E-state index in [1.807, 2.05) is 18.2 Å². The van der Waals surface area contributed by atoms with E-state index in [1.165, 1.54) is 12.8 Å². The summed E-state index contributed by atoms with van der Waals surface area (Å²) < 4.78 is 0. The highest BCUT2D eigenvalue weighted by Gasteiger charge is 2.28. The van der Waals surface area contributed by atoms with Crippen LogP contribution in [0.2, 0.25) is 5.02 Å². The standard InChI is InChI=1S/C12H15ClN2S/c1-7(8-2-3-8)15-11-5-4-9(13)6-10(11)12(14)16/h4-8,15H,2-3H2,1H3,(H2,14,16). The van der Waals surface area contributed by atoms with Gasteiger partial charge in [0.25, 0.3) is 0 Å². The maximum Gasteiger partial charge on any atom is 0.106 e. The van der Waals surface area contributed by atoms with E-state index in [1.54, 1.807) is 0 Å². The summed E-state index contributed by atoms with van der Waals surface area (Å²) in [4.78, 5) is 0.382. The molecule has 0 bridgehead atoms. The van der Waals surface area contributed by atoms with E-state index in [4.69, 9.17) is 29.6 Å². The van der Waals surface area contributed by atoms with E-state index >= 15 is 0 Å². The molecule has 0 aliphatic heterocycles. The van der Waals surface area contributed by atoms with Crippen molar-refractivity contribution in [2.24, 2.45) is 11.7 Å². The quantitative estimate of drug-likeness (QED) is 0.811. The summed E-state index contributed by atoms with van der Waals surface area (Å²) in [5.74, 6) is 0.787. The SMILES string of the molecule is CC(Nc1ccc(Cl)cc1C(N)=S)C1CC1. The Labute approximate surface area is 106 Å². The van der Waals surface area contributed by atoms with Crippen LogP contribution in [0, 0.1) is 5.92 Å². The molecule has 1 atom stereocenters. The molecule has 0 heterocycles. The normalized spacial score (nSPS) is 16.9. The second kappa shape index (κ2) is 4.60. The summed E-state index contributed by atoms with van der Waals surface area (Å²) in [6.07, 6.45) is 2.62. The Hall–Kier alpha value is -0.800. The third-order valence-electron chi connectivity index (χ3n) is 2.96. The molecule has 1 fully saturated rings. The summed E-state index contributed by atoms with van der Waals surface area (Å²) in [6.45, 7) is 2.19. The fourth-order valence-electron chi connectivity index (χ4n) is 1.81. The summed E-state index contributed by atoms with van der Waals surface area (Å²) in [5, 5.41) is 4.11. The second-order valence-corrected chi connectivity index (χ2v) is 5.20. The lowest BCUT2D eigenvalue weighted by molar-refractivity contribution is 0.694. The first kappa shape index (κ1) is 11.7. The fraction of sp³-hybridized carbons (Fsp3) is 0.417. The minimum atomic E-state index is 0.382. The van der Waals surface area contributed by atoms with Crippen molar-refractivity contribution < 1.29 is 0 Å². The van der Waals surface area contributed by atoms with Crippen molar-refractivity contribution in [1.82, 2.24) is 0 Å². The van der Waals surface area contributed by atoms with E-state index in [0.29, 0.717) is 16.1 Å². The molecule has 4 heteroatoms. The molecule has 1 aliphatic carbocycles. The first-order valence-corrected chi connectivity index (χ1v) is 6.22. The van der Waals surface area contributed by atoms with Gasteiger partial charge in [-0.3, -0.25) is 0 Å². The maximum absolute atomic E-state index is 5.93. The van der Waals surface area contributed by atoms with Crippen molar-refractivity contribution in [3.8, 4) is 0 Å². The third kappa shape index (κ3) is 2.66. The average molecular weight is 255 g/mol. The van der Waals surface area contributed by atoms with Crippen LogP contribution in [0.4, 0.5) is 5.69 Å². The minimum absolute atomic E-state index is 0.382. The number of benzene rings is 1. The van der Waals surface area contributed by atoms with Crippen LogP contribution in [0.25, 0.3) is 0 Å². The number of hydrogen-bond acceptors (Lipinski definition) is 2. The first-order chi connectivity index (χ1) is 7.58. The third-order valence-corrected chi connectivity index (χ3v) is 3.41. The van der Waals surface area contributed by atoms with Crippen LogP contribution in [-0.4, -0.2) is 11.0 Å². The Morgan fingerprint density at radius 3 is 2.81 bits per heavy atom. The Balaban J connectivity index is 2.21. The largest absolute Gasteiger partial charge is 0.389 e. The van der Waals surface area contributed by atoms with Crippen LogP contribution in [0.3, 0.4) is 0 Å². The van der Waals surface area contributed by atoms with E-state index < -0.39 is 0 Å². The van der Waals surface area contributed by atoms with Gasteiger partial charge in [0.1, 0.15) is 4.99 Å². The number of hydrogen-bond donors (Lipinski definition) is 2. The zero-order valence-electron chi connectivity index (χ0n) is 9.16. The van der Waals surface area contributed by atoms with E-state index in [-0.39, 0.29) is 0 Å². The molecule has 0 radical (unpaired) electrons. The smallest absolute Gasteiger partial charge is 0.106 e. The van der Waals surface area contributed by atoms with Gasteiger partial charge in [0, 0.05) is 22.3 Å². The zero-order chi connectivity index (χ0) is 11.7. The molecule has 16 heavy (non-hydrogen) atoms. The van der Waals surface area contributed by atoms with Crippen molar-refractivity contribution in [3.63, 3.8) is 0 Å². The molecule has 86 valence electrons. The molecular formula is C12H15ClN2S. The Bertz CT molecular complexity index is 415. The molecule has 0 aromatic heterocycles. The summed E-state index contributed by atoms with van der Waals surface area (Å²) >= 11 is 11.0. The maximum atomic E-state index is 5.93. The van der Waals surface area contributed by atoms with Crippen molar-refractivity contribution in [2.45, 2.75) is 25.8 Å². The number of nitrogens with one attached hydrogen (secondary N) is 1.